The molecule has 2 heterocycles. The molecule has 0 unspecified atom stereocenters. The van der Waals surface area contributed by atoms with E-state index in [1.807, 2.05) is 11.9 Å². The maximum absolute atomic E-state index is 12.3. The van der Waals surface area contributed by atoms with Gasteiger partial charge in [0, 0.05) is 33.0 Å². The summed E-state index contributed by atoms with van der Waals surface area (Å²) in [6.07, 6.45) is 5.03. The van der Waals surface area contributed by atoms with Gasteiger partial charge in [0.05, 0.1) is 0 Å². The Morgan fingerprint density at radius 1 is 1.48 bits per heavy atom. The summed E-state index contributed by atoms with van der Waals surface area (Å²) in [4.78, 5) is 28.3. The molecule has 128 valence electrons. The zero-order valence-electron chi connectivity index (χ0n) is 13.8. The minimum Gasteiger partial charge on any atom is -0.358 e. The third-order valence-corrected chi connectivity index (χ3v) is 4.49. The Balaban J connectivity index is 1.78. The highest BCUT2D eigenvalue weighted by Gasteiger charge is 2.23. The molecule has 23 heavy (non-hydrogen) atoms. The van der Waals surface area contributed by atoms with Crippen molar-refractivity contribution in [1.29, 1.82) is 0 Å². The van der Waals surface area contributed by atoms with E-state index < -0.39 is 4.92 Å². The van der Waals surface area contributed by atoms with Crippen LogP contribution >= 0.6 is 0 Å². The zero-order chi connectivity index (χ0) is 16.8. The lowest BCUT2D eigenvalue weighted by Crippen LogP contribution is -2.39. The van der Waals surface area contributed by atoms with Gasteiger partial charge in [0.1, 0.15) is 6.20 Å². The van der Waals surface area contributed by atoms with E-state index >= 15 is 0 Å². The smallest absolute Gasteiger partial charge is 0.358 e. The van der Waals surface area contributed by atoms with Gasteiger partial charge in [-0.2, -0.15) is 0 Å². The maximum atomic E-state index is 12.3. The third kappa shape index (κ3) is 4.75. The fraction of sp³-hybridized carbons (Fsp3) is 0.733. The summed E-state index contributed by atoms with van der Waals surface area (Å²) < 4.78 is 1.68. The van der Waals surface area contributed by atoms with Gasteiger partial charge in [-0.15, -0.1) is 0 Å². The molecule has 2 rings (SSSR count). The molecule has 0 bridgehead atoms. The SMILES string of the molecule is CNCCC1CCN(C(=O)CCn2cc([N+](=O)[O-])nc2C)CC1. The highest BCUT2D eigenvalue weighted by Crippen LogP contribution is 2.20. The van der Waals surface area contributed by atoms with Crippen LogP contribution in [0.1, 0.15) is 31.5 Å². The number of amides is 1. The van der Waals surface area contributed by atoms with Crippen LogP contribution in [-0.2, 0) is 11.3 Å². The van der Waals surface area contributed by atoms with E-state index in [-0.39, 0.29) is 11.7 Å². The summed E-state index contributed by atoms with van der Waals surface area (Å²) in [6.45, 7) is 4.81. The number of rotatable bonds is 7. The molecule has 1 aliphatic heterocycles. The van der Waals surface area contributed by atoms with Crippen LogP contribution in [0.3, 0.4) is 0 Å². The predicted molar refractivity (Wildman–Crippen MR) is 86.1 cm³/mol. The maximum Gasteiger partial charge on any atom is 0.381 e. The van der Waals surface area contributed by atoms with Crippen LogP contribution in [0.4, 0.5) is 5.82 Å². The van der Waals surface area contributed by atoms with E-state index in [1.165, 1.54) is 6.20 Å². The summed E-state index contributed by atoms with van der Waals surface area (Å²) in [5.41, 5.74) is 0. The molecule has 0 saturated carbocycles. The van der Waals surface area contributed by atoms with Gasteiger partial charge in [0.25, 0.3) is 0 Å². The molecule has 0 aromatic carbocycles. The number of nitrogens with one attached hydrogen (secondary N) is 1. The van der Waals surface area contributed by atoms with Crippen molar-refractivity contribution in [3.05, 3.63) is 22.1 Å². The fourth-order valence-corrected chi connectivity index (χ4v) is 3.00. The van der Waals surface area contributed by atoms with Gasteiger partial charge in [-0.05, 0) is 48.7 Å². The second-order valence-electron chi connectivity index (χ2n) is 6.06. The first kappa shape index (κ1) is 17.4. The minimum atomic E-state index is -0.513. The van der Waals surface area contributed by atoms with E-state index in [4.69, 9.17) is 0 Å². The number of nitrogens with zero attached hydrogens (tertiary/aromatic N) is 4. The zero-order valence-corrected chi connectivity index (χ0v) is 13.8. The number of hydrogen-bond acceptors (Lipinski definition) is 5. The predicted octanol–water partition coefficient (Wildman–Crippen LogP) is 1.34. The van der Waals surface area contributed by atoms with Crippen molar-refractivity contribution < 1.29 is 9.72 Å². The van der Waals surface area contributed by atoms with Crippen LogP contribution < -0.4 is 5.32 Å². The van der Waals surface area contributed by atoms with Gasteiger partial charge in [0.2, 0.25) is 11.7 Å². The highest BCUT2D eigenvalue weighted by molar-refractivity contribution is 5.76. The molecule has 1 aromatic heterocycles. The van der Waals surface area contributed by atoms with Crippen LogP contribution in [0.25, 0.3) is 0 Å². The van der Waals surface area contributed by atoms with Crippen molar-refractivity contribution in [3.63, 3.8) is 0 Å². The fourth-order valence-electron chi connectivity index (χ4n) is 3.00. The lowest BCUT2D eigenvalue weighted by atomic mass is 9.93. The molecule has 8 nitrogen and oxygen atoms in total. The molecule has 0 atom stereocenters. The van der Waals surface area contributed by atoms with Crippen LogP contribution in [0.15, 0.2) is 6.20 Å². The number of likely N-dealkylation sites (tertiary alicyclic amines) is 1. The summed E-state index contributed by atoms with van der Waals surface area (Å²) in [5.74, 6) is 1.22. The lowest BCUT2D eigenvalue weighted by Gasteiger charge is -2.32. The van der Waals surface area contributed by atoms with Crippen molar-refractivity contribution in [2.24, 2.45) is 5.92 Å². The van der Waals surface area contributed by atoms with E-state index in [0.29, 0.717) is 24.7 Å². The first-order valence-electron chi connectivity index (χ1n) is 8.11. The van der Waals surface area contributed by atoms with Gasteiger partial charge in [0.15, 0.2) is 0 Å². The van der Waals surface area contributed by atoms with Crippen molar-refractivity contribution in [3.8, 4) is 0 Å². The van der Waals surface area contributed by atoms with E-state index in [0.717, 1.165) is 38.9 Å². The molecule has 0 spiro atoms. The second-order valence-corrected chi connectivity index (χ2v) is 6.06. The quantitative estimate of drug-likeness (QED) is 0.603. The first-order chi connectivity index (χ1) is 11.0. The molecular weight excluding hydrogens is 298 g/mol. The number of nitro groups is 1. The Bertz CT molecular complexity index is 549. The number of aromatic nitrogens is 2. The molecule has 1 N–H and O–H groups in total. The Morgan fingerprint density at radius 2 is 2.17 bits per heavy atom. The Labute approximate surface area is 136 Å². The highest BCUT2D eigenvalue weighted by atomic mass is 16.6. The third-order valence-electron chi connectivity index (χ3n) is 4.49. The van der Waals surface area contributed by atoms with Crippen molar-refractivity contribution >= 4 is 11.7 Å². The number of piperidine rings is 1. The van der Waals surface area contributed by atoms with Gasteiger partial charge in [-0.25, -0.2) is 0 Å². The van der Waals surface area contributed by atoms with Crippen molar-refractivity contribution in [2.75, 3.05) is 26.7 Å². The number of imidazole rings is 1. The first-order valence-corrected chi connectivity index (χ1v) is 8.11. The second kappa shape index (κ2) is 8.05. The molecule has 0 aliphatic carbocycles. The summed E-state index contributed by atoms with van der Waals surface area (Å²) in [6, 6.07) is 0. The lowest BCUT2D eigenvalue weighted by molar-refractivity contribution is -0.389. The molecule has 8 heteroatoms. The Morgan fingerprint density at radius 3 is 2.74 bits per heavy atom. The van der Waals surface area contributed by atoms with Gasteiger partial charge in [-0.1, -0.05) is 0 Å². The van der Waals surface area contributed by atoms with Crippen LogP contribution in [0.2, 0.25) is 0 Å². The summed E-state index contributed by atoms with van der Waals surface area (Å²) >= 11 is 0. The normalized spacial score (nSPS) is 15.8. The average molecular weight is 323 g/mol. The summed E-state index contributed by atoms with van der Waals surface area (Å²) in [7, 11) is 1.96. The van der Waals surface area contributed by atoms with Crippen LogP contribution in [-0.4, -0.2) is 52.0 Å². The molecule has 0 radical (unpaired) electrons. The molecule has 1 aromatic rings. The van der Waals surface area contributed by atoms with E-state index in [9.17, 15) is 14.9 Å². The van der Waals surface area contributed by atoms with Gasteiger partial charge in [-0.3, -0.25) is 4.79 Å². The number of carbonyl (C=O) groups excluding carboxylic acids is 1. The number of aryl methyl sites for hydroxylation is 2. The standard InChI is InChI=1S/C15H25N5O3/c1-12-17-14(20(22)23)11-19(12)10-6-15(21)18-8-4-13(5-9-18)3-7-16-2/h11,13,16H,3-10H2,1-2H3. The minimum absolute atomic E-state index is 0.118. The van der Waals surface area contributed by atoms with Crippen LogP contribution in [0, 0.1) is 23.0 Å². The topological polar surface area (TPSA) is 93.3 Å². The number of hydrogen-bond donors (Lipinski definition) is 1. The number of carbonyl (C=O) groups is 1. The Hall–Kier alpha value is -1.96. The van der Waals surface area contributed by atoms with Gasteiger partial charge >= 0.3 is 5.82 Å². The Kier molecular flexibility index (Phi) is 6.09. The van der Waals surface area contributed by atoms with Crippen molar-refractivity contribution in [1.82, 2.24) is 19.8 Å². The van der Waals surface area contributed by atoms with Crippen molar-refractivity contribution in [2.45, 2.75) is 39.2 Å². The molecule has 1 aliphatic rings. The molecule has 1 amide bonds. The van der Waals surface area contributed by atoms with Gasteiger partial charge < -0.3 is 24.9 Å². The van der Waals surface area contributed by atoms with Crippen LogP contribution in [0.5, 0.6) is 0 Å². The summed E-state index contributed by atoms with van der Waals surface area (Å²) in [5, 5.41) is 13.9. The van der Waals surface area contributed by atoms with E-state index in [2.05, 4.69) is 10.3 Å². The molecule has 1 fully saturated rings. The molecular formula is C15H25N5O3. The average Bonchev–Trinajstić information content (AvgIpc) is 2.92. The monoisotopic (exact) mass is 323 g/mol. The van der Waals surface area contributed by atoms with E-state index in [1.54, 1.807) is 11.5 Å². The largest absolute Gasteiger partial charge is 0.381 e. The molecule has 1 saturated heterocycles.